The summed E-state index contributed by atoms with van der Waals surface area (Å²) in [5, 5.41) is 0. The summed E-state index contributed by atoms with van der Waals surface area (Å²) in [5.41, 5.74) is 0. The van der Waals surface area contributed by atoms with Gasteiger partial charge in [0.25, 0.3) is 0 Å². The maximum Gasteiger partial charge on any atom is 0.310 e. The van der Waals surface area contributed by atoms with E-state index in [0.29, 0.717) is 5.92 Å². The molecule has 2 saturated heterocycles. The summed E-state index contributed by atoms with van der Waals surface area (Å²) in [5.74, 6) is 1.05. The Balaban J connectivity index is 1.56. The van der Waals surface area contributed by atoms with Crippen molar-refractivity contribution in [1.29, 1.82) is 0 Å². The number of carbonyl (C=O) groups is 2. The Hall–Kier alpha value is -0.580. The van der Waals surface area contributed by atoms with Gasteiger partial charge in [-0.05, 0) is 31.1 Å². The normalized spacial score (nSPS) is 46.9. The minimum absolute atomic E-state index is 0.0166. The van der Waals surface area contributed by atoms with E-state index in [4.69, 9.17) is 4.74 Å². The molecule has 0 aromatic carbocycles. The van der Waals surface area contributed by atoms with E-state index in [-0.39, 0.29) is 46.5 Å². The Kier molecular flexibility index (Phi) is 2.92. The largest absolute Gasteiger partial charge is 0.461 e. The first-order valence-corrected chi connectivity index (χ1v) is 8.63. The maximum absolute atomic E-state index is 12.9. The number of hydrogen-bond acceptors (Lipinski definition) is 3. The number of esters is 1. The van der Waals surface area contributed by atoms with Gasteiger partial charge in [-0.25, -0.2) is 0 Å². The van der Waals surface area contributed by atoms with Gasteiger partial charge in [-0.1, -0.05) is 22.9 Å². The first-order chi connectivity index (χ1) is 9.58. The molecule has 2 bridgehead atoms. The summed E-state index contributed by atoms with van der Waals surface area (Å²) < 4.78 is 5.48. The zero-order valence-electron chi connectivity index (χ0n) is 11.6. The highest BCUT2D eigenvalue weighted by molar-refractivity contribution is 9.09. The molecule has 0 unspecified atom stereocenters. The number of hydrogen-bond donors (Lipinski definition) is 0. The van der Waals surface area contributed by atoms with Crippen LogP contribution in [0.15, 0.2) is 0 Å². The Labute approximate surface area is 127 Å². The molecule has 0 N–H and O–H groups in total. The Morgan fingerprint density at radius 1 is 1.30 bits per heavy atom. The van der Waals surface area contributed by atoms with Crippen LogP contribution >= 0.6 is 15.9 Å². The van der Waals surface area contributed by atoms with Gasteiger partial charge in [-0.15, -0.1) is 0 Å². The van der Waals surface area contributed by atoms with Crippen molar-refractivity contribution in [2.75, 3.05) is 13.1 Å². The van der Waals surface area contributed by atoms with Crippen LogP contribution < -0.4 is 0 Å². The van der Waals surface area contributed by atoms with Crippen LogP contribution in [0.25, 0.3) is 0 Å². The summed E-state index contributed by atoms with van der Waals surface area (Å²) >= 11 is 3.67. The fraction of sp³-hybridized carbons (Fsp3) is 0.867. The lowest BCUT2D eigenvalue weighted by molar-refractivity contribution is -0.148. The van der Waals surface area contributed by atoms with Gasteiger partial charge in [0.05, 0.1) is 16.7 Å². The fourth-order valence-electron chi connectivity index (χ4n) is 4.75. The van der Waals surface area contributed by atoms with Crippen LogP contribution in [0.4, 0.5) is 0 Å². The molecule has 4 aliphatic rings. The third-order valence-electron chi connectivity index (χ3n) is 5.90. The van der Waals surface area contributed by atoms with E-state index < -0.39 is 0 Å². The molecule has 20 heavy (non-hydrogen) atoms. The smallest absolute Gasteiger partial charge is 0.310 e. The summed E-state index contributed by atoms with van der Waals surface area (Å²) in [4.78, 5) is 27.1. The molecule has 0 aromatic rings. The van der Waals surface area contributed by atoms with Crippen molar-refractivity contribution < 1.29 is 14.3 Å². The second kappa shape index (κ2) is 4.46. The third kappa shape index (κ3) is 1.65. The van der Waals surface area contributed by atoms with Crippen molar-refractivity contribution in [3.05, 3.63) is 0 Å². The number of rotatable bonds is 1. The molecular weight excluding hydrogens is 322 g/mol. The number of nitrogens with zero attached hydrogens (tertiary/aromatic N) is 1. The van der Waals surface area contributed by atoms with Crippen molar-refractivity contribution in [3.8, 4) is 0 Å². The number of alkyl halides is 1. The Morgan fingerprint density at radius 2 is 2.00 bits per heavy atom. The van der Waals surface area contributed by atoms with Crippen LogP contribution in [0.2, 0.25) is 0 Å². The molecule has 4 fully saturated rings. The molecule has 0 aromatic heterocycles. The molecule has 2 saturated carbocycles. The average molecular weight is 342 g/mol. The van der Waals surface area contributed by atoms with Crippen molar-refractivity contribution in [1.82, 2.24) is 4.90 Å². The van der Waals surface area contributed by atoms with Crippen LogP contribution in [0.5, 0.6) is 0 Å². The summed E-state index contributed by atoms with van der Waals surface area (Å²) in [6, 6.07) is 0. The molecule has 2 heterocycles. The zero-order valence-corrected chi connectivity index (χ0v) is 13.2. The van der Waals surface area contributed by atoms with Gasteiger partial charge in [-0.2, -0.15) is 0 Å². The van der Waals surface area contributed by atoms with E-state index in [2.05, 4.69) is 22.9 Å². The van der Waals surface area contributed by atoms with Gasteiger partial charge in [0, 0.05) is 19.0 Å². The number of amides is 1. The molecule has 4 rings (SSSR count). The van der Waals surface area contributed by atoms with Gasteiger partial charge in [0.1, 0.15) is 6.10 Å². The Bertz CT molecular complexity index is 460. The SMILES string of the molecule is CC1CCN(C(=O)[C@@H]2[C@H]3C[C@H]4[C@H](OC(=O)[C@@H]42)[C@@H]3Br)CC1. The third-order valence-corrected chi connectivity index (χ3v) is 7.10. The van der Waals surface area contributed by atoms with Gasteiger partial charge < -0.3 is 9.64 Å². The van der Waals surface area contributed by atoms with Crippen molar-refractivity contribution >= 4 is 27.8 Å². The van der Waals surface area contributed by atoms with E-state index in [9.17, 15) is 9.59 Å². The fourth-order valence-corrected chi connectivity index (χ4v) is 5.79. The molecule has 1 amide bonds. The molecular formula is C15H20BrNO3. The van der Waals surface area contributed by atoms with Crippen LogP contribution in [-0.2, 0) is 14.3 Å². The topological polar surface area (TPSA) is 46.6 Å². The molecule has 0 spiro atoms. The van der Waals surface area contributed by atoms with E-state index in [0.717, 1.165) is 32.4 Å². The van der Waals surface area contributed by atoms with E-state index >= 15 is 0 Å². The number of halogens is 1. The first kappa shape index (κ1) is 13.1. The molecule has 0 radical (unpaired) electrons. The van der Waals surface area contributed by atoms with Crippen LogP contribution in [0.1, 0.15) is 26.2 Å². The maximum atomic E-state index is 12.9. The summed E-state index contributed by atoms with van der Waals surface area (Å²) in [6.45, 7) is 3.95. The van der Waals surface area contributed by atoms with Crippen LogP contribution in [0, 0.1) is 29.6 Å². The van der Waals surface area contributed by atoms with Gasteiger partial charge in [-0.3, -0.25) is 9.59 Å². The number of ether oxygens (including phenoxy) is 1. The predicted octanol–water partition coefficient (Wildman–Crippen LogP) is 1.82. The lowest BCUT2D eigenvalue weighted by Gasteiger charge is -2.36. The van der Waals surface area contributed by atoms with Crippen LogP contribution in [0.3, 0.4) is 0 Å². The second-order valence-corrected chi connectivity index (χ2v) is 8.03. The minimum atomic E-state index is -0.161. The number of carbonyl (C=O) groups excluding carboxylic acids is 2. The van der Waals surface area contributed by atoms with Gasteiger partial charge in [0.15, 0.2) is 0 Å². The van der Waals surface area contributed by atoms with E-state index in [1.165, 1.54) is 0 Å². The molecule has 5 heteroatoms. The first-order valence-electron chi connectivity index (χ1n) is 7.71. The standard InChI is InChI=1S/C15H20BrNO3/c1-7-2-4-17(5-3-7)14(18)10-8-6-9-11(10)15(19)20-13(9)12(8)16/h7-13H,2-6H2,1H3/t8-,9-,10-,11+,12-,13+/m1/s1. The second-order valence-electron chi connectivity index (χ2n) is 6.97. The minimum Gasteiger partial charge on any atom is -0.461 e. The highest BCUT2D eigenvalue weighted by Crippen LogP contribution is 2.60. The number of piperidine rings is 1. The van der Waals surface area contributed by atoms with Crippen molar-refractivity contribution in [2.24, 2.45) is 29.6 Å². The predicted molar refractivity (Wildman–Crippen MR) is 76.2 cm³/mol. The lowest BCUT2D eigenvalue weighted by Crippen LogP contribution is -2.47. The van der Waals surface area contributed by atoms with Gasteiger partial charge in [0.2, 0.25) is 5.91 Å². The monoisotopic (exact) mass is 341 g/mol. The zero-order chi connectivity index (χ0) is 14.0. The molecule has 2 aliphatic heterocycles. The van der Waals surface area contributed by atoms with Gasteiger partial charge >= 0.3 is 5.97 Å². The Morgan fingerprint density at radius 3 is 2.70 bits per heavy atom. The van der Waals surface area contributed by atoms with Crippen molar-refractivity contribution in [3.63, 3.8) is 0 Å². The molecule has 110 valence electrons. The molecule has 6 atom stereocenters. The number of likely N-dealkylation sites (tertiary alicyclic amines) is 1. The summed E-state index contributed by atoms with van der Waals surface area (Å²) in [6.07, 6.45) is 3.16. The molecule has 4 nitrogen and oxygen atoms in total. The number of fused-ring (bicyclic) bond motifs is 1. The average Bonchev–Trinajstić information content (AvgIpc) is 3.03. The van der Waals surface area contributed by atoms with E-state index in [1.54, 1.807) is 0 Å². The highest BCUT2D eigenvalue weighted by Gasteiger charge is 2.68. The molecule has 2 aliphatic carbocycles. The quantitative estimate of drug-likeness (QED) is 0.539. The van der Waals surface area contributed by atoms with E-state index in [1.807, 2.05) is 4.90 Å². The summed E-state index contributed by atoms with van der Waals surface area (Å²) in [7, 11) is 0. The highest BCUT2D eigenvalue weighted by atomic mass is 79.9. The lowest BCUT2D eigenvalue weighted by atomic mass is 9.78. The van der Waals surface area contributed by atoms with Crippen LogP contribution in [-0.4, -0.2) is 40.8 Å². The van der Waals surface area contributed by atoms with Crippen molar-refractivity contribution in [2.45, 2.75) is 37.1 Å².